The fraction of sp³-hybridized carbons (Fsp3) is 0.714. The van der Waals surface area contributed by atoms with Crippen molar-refractivity contribution in [2.75, 3.05) is 44.7 Å². The Hall–Kier alpha value is -1.36. The molecule has 31 heavy (non-hydrogen) atoms. The highest BCUT2D eigenvalue weighted by Gasteiger charge is 2.45. The van der Waals surface area contributed by atoms with E-state index in [9.17, 15) is 21.6 Å². The van der Waals surface area contributed by atoms with Crippen molar-refractivity contribution >= 4 is 15.5 Å². The van der Waals surface area contributed by atoms with Crippen LogP contribution in [-0.2, 0) is 20.8 Å². The number of rotatable bonds is 6. The Morgan fingerprint density at radius 3 is 2.29 bits per heavy atom. The van der Waals surface area contributed by atoms with Gasteiger partial charge in [-0.2, -0.15) is 13.2 Å². The number of nitrogens with two attached hydrogens (primary N) is 1. The van der Waals surface area contributed by atoms with Crippen molar-refractivity contribution in [1.82, 2.24) is 4.90 Å². The highest BCUT2D eigenvalue weighted by molar-refractivity contribution is 7.92. The maximum absolute atomic E-state index is 13.9. The monoisotopic (exact) mass is 463 g/mol. The molecule has 2 N–H and O–H groups in total. The minimum Gasteiger partial charge on any atom is -0.381 e. The van der Waals surface area contributed by atoms with Crippen LogP contribution in [0.1, 0.15) is 32.3 Å². The Morgan fingerprint density at radius 1 is 1.16 bits per heavy atom. The van der Waals surface area contributed by atoms with Gasteiger partial charge in [0, 0.05) is 45.0 Å². The van der Waals surface area contributed by atoms with Crippen molar-refractivity contribution in [3.8, 4) is 0 Å². The number of sulfone groups is 1. The van der Waals surface area contributed by atoms with Crippen LogP contribution >= 0.6 is 0 Å². The molecule has 0 spiro atoms. The lowest BCUT2D eigenvalue weighted by Crippen LogP contribution is -2.49. The second-order valence-electron chi connectivity index (χ2n) is 8.70. The summed E-state index contributed by atoms with van der Waals surface area (Å²) in [4.78, 5) is 3.49. The van der Waals surface area contributed by atoms with Crippen LogP contribution in [0.25, 0.3) is 0 Å². The van der Waals surface area contributed by atoms with Gasteiger partial charge in [-0.05, 0) is 57.4 Å². The van der Waals surface area contributed by atoms with Crippen molar-refractivity contribution in [3.05, 3.63) is 23.8 Å². The van der Waals surface area contributed by atoms with Crippen LogP contribution in [0.15, 0.2) is 23.1 Å². The number of hydrogen-bond acceptors (Lipinski definition) is 6. The minimum absolute atomic E-state index is 0.150. The quantitative estimate of drug-likeness (QED) is 0.699. The van der Waals surface area contributed by atoms with Crippen LogP contribution in [0.2, 0.25) is 0 Å². The van der Waals surface area contributed by atoms with Gasteiger partial charge in [-0.15, -0.1) is 0 Å². The van der Waals surface area contributed by atoms with E-state index < -0.39 is 31.7 Å². The first kappa shape index (κ1) is 24.3. The van der Waals surface area contributed by atoms with Crippen LogP contribution in [-0.4, -0.2) is 70.5 Å². The zero-order chi connectivity index (χ0) is 23.0. The van der Waals surface area contributed by atoms with Crippen molar-refractivity contribution < 1.29 is 26.3 Å². The summed E-state index contributed by atoms with van der Waals surface area (Å²) in [5, 5.41) is -0.937. The number of nitrogens with zero attached hydrogens (tertiary/aromatic N) is 2. The molecule has 0 amide bonds. The SMILES string of the molecule is CO[C@@H]1C[C@H](S(=O)(=O)c2ccc(N3CCN(C(C)C)CC3)cc2C(F)(F)F)C[C@H]1CN. The molecule has 1 aromatic rings. The molecular weight excluding hydrogens is 431 g/mol. The normalized spacial score (nSPS) is 26.1. The average Bonchev–Trinajstić information content (AvgIpc) is 3.17. The molecule has 10 heteroatoms. The van der Waals surface area contributed by atoms with Gasteiger partial charge < -0.3 is 15.4 Å². The summed E-state index contributed by atoms with van der Waals surface area (Å²) in [6.07, 6.45) is -4.79. The Labute approximate surface area is 182 Å². The molecule has 2 aliphatic rings. The topological polar surface area (TPSA) is 75.9 Å². The first-order valence-electron chi connectivity index (χ1n) is 10.7. The summed E-state index contributed by atoms with van der Waals surface area (Å²) < 4.78 is 73.5. The maximum atomic E-state index is 13.9. The fourth-order valence-corrected chi connectivity index (χ4v) is 6.73. The smallest absolute Gasteiger partial charge is 0.381 e. The molecule has 2 fully saturated rings. The summed E-state index contributed by atoms with van der Waals surface area (Å²) in [7, 11) is -2.72. The van der Waals surface area contributed by atoms with E-state index in [4.69, 9.17) is 10.5 Å². The number of methoxy groups -OCH3 is 1. The van der Waals surface area contributed by atoms with Crippen LogP contribution < -0.4 is 10.6 Å². The van der Waals surface area contributed by atoms with E-state index in [1.54, 1.807) is 0 Å². The van der Waals surface area contributed by atoms with E-state index in [1.807, 2.05) is 4.90 Å². The van der Waals surface area contributed by atoms with Gasteiger partial charge in [-0.25, -0.2) is 8.42 Å². The third kappa shape index (κ3) is 5.02. The number of benzene rings is 1. The minimum atomic E-state index is -4.77. The van der Waals surface area contributed by atoms with E-state index in [2.05, 4.69) is 18.7 Å². The molecule has 0 radical (unpaired) electrons. The molecule has 1 aromatic carbocycles. The van der Waals surface area contributed by atoms with E-state index in [0.29, 0.717) is 24.8 Å². The van der Waals surface area contributed by atoms with Crippen molar-refractivity contribution in [3.63, 3.8) is 0 Å². The number of anilines is 1. The highest BCUT2D eigenvalue weighted by Crippen LogP contribution is 2.41. The van der Waals surface area contributed by atoms with Crippen molar-refractivity contribution in [1.29, 1.82) is 0 Å². The molecule has 1 saturated carbocycles. The summed E-state index contributed by atoms with van der Waals surface area (Å²) >= 11 is 0. The molecule has 176 valence electrons. The number of hydrogen-bond donors (Lipinski definition) is 1. The van der Waals surface area contributed by atoms with E-state index in [1.165, 1.54) is 13.2 Å². The van der Waals surface area contributed by atoms with Gasteiger partial charge in [0.1, 0.15) is 0 Å². The van der Waals surface area contributed by atoms with Crippen LogP contribution in [0.3, 0.4) is 0 Å². The summed E-state index contributed by atoms with van der Waals surface area (Å²) in [5.74, 6) is -0.185. The number of halogens is 3. The number of piperazine rings is 1. The Morgan fingerprint density at radius 2 is 1.81 bits per heavy atom. The molecule has 0 bridgehead atoms. The molecule has 1 heterocycles. The van der Waals surface area contributed by atoms with E-state index >= 15 is 0 Å². The van der Waals surface area contributed by atoms with E-state index in [-0.39, 0.29) is 31.4 Å². The molecule has 3 rings (SSSR count). The zero-order valence-corrected chi connectivity index (χ0v) is 19.0. The van der Waals surface area contributed by atoms with Crippen LogP contribution in [0.4, 0.5) is 18.9 Å². The first-order chi connectivity index (χ1) is 14.5. The second-order valence-corrected chi connectivity index (χ2v) is 10.9. The highest BCUT2D eigenvalue weighted by atomic mass is 32.2. The standard InChI is InChI=1S/C21H32F3N3O3S/c1-14(2)26-6-8-27(9-7-26)16-4-5-20(18(11-16)21(22,23)24)31(28,29)17-10-15(13-25)19(12-17)30-3/h4-5,11,14-15,17,19H,6-10,12-13,25H2,1-3H3/t15-,17+,19+/m0/s1. The lowest BCUT2D eigenvalue weighted by atomic mass is 10.1. The molecule has 1 aliphatic carbocycles. The summed E-state index contributed by atoms with van der Waals surface area (Å²) in [6, 6.07) is 3.98. The maximum Gasteiger partial charge on any atom is 0.417 e. The molecule has 6 nitrogen and oxygen atoms in total. The van der Waals surface area contributed by atoms with Gasteiger partial charge in [0.15, 0.2) is 9.84 Å². The lowest BCUT2D eigenvalue weighted by molar-refractivity contribution is -0.139. The van der Waals surface area contributed by atoms with Crippen LogP contribution in [0, 0.1) is 5.92 Å². The van der Waals surface area contributed by atoms with Gasteiger partial charge in [0.25, 0.3) is 0 Å². The lowest BCUT2D eigenvalue weighted by Gasteiger charge is -2.38. The first-order valence-corrected chi connectivity index (χ1v) is 12.2. The third-order valence-electron chi connectivity index (χ3n) is 6.62. The summed E-state index contributed by atoms with van der Waals surface area (Å²) in [6.45, 7) is 7.10. The second kappa shape index (κ2) is 9.25. The van der Waals surface area contributed by atoms with Gasteiger partial charge >= 0.3 is 6.18 Å². The van der Waals surface area contributed by atoms with Gasteiger partial charge in [-0.1, -0.05) is 0 Å². The van der Waals surface area contributed by atoms with Gasteiger partial charge in [0.2, 0.25) is 0 Å². The fourth-order valence-electron chi connectivity index (χ4n) is 4.69. The Kier molecular flexibility index (Phi) is 7.25. The molecular formula is C21H32F3N3O3S. The predicted molar refractivity (Wildman–Crippen MR) is 114 cm³/mol. The van der Waals surface area contributed by atoms with Gasteiger partial charge in [0.05, 0.1) is 21.8 Å². The van der Waals surface area contributed by atoms with Crippen molar-refractivity contribution in [2.45, 2.75) is 55.2 Å². The number of ether oxygens (including phenoxy) is 1. The van der Waals surface area contributed by atoms with Crippen LogP contribution in [0.5, 0.6) is 0 Å². The molecule has 1 saturated heterocycles. The Bertz CT molecular complexity index is 856. The summed E-state index contributed by atoms with van der Waals surface area (Å²) in [5.41, 5.74) is 5.01. The third-order valence-corrected chi connectivity index (χ3v) is 8.85. The zero-order valence-electron chi connectivity index (χ0n) is 18.2. The van der Waals surface area contributed by atoms with Gasteiger partial charge in [-0.3, -0.25) is 4.90 Å². The molecule has 1 aliphatic heterocycles. The molecule has 3 atom stereocenters. The van der Waals surface area contributed by atoms with Crippen molar-refractivity contribution in [2.24, 2.45) is 11.7 Å². The molecule has 0 unspecified atom stereocenters. The predicted octanol–water partition coefficient (Wildman–Crippen LogP) is 2.76. The largest absolute Gasteiger partial charge is 0.417 e. The number of alkyl halides is 3. The van der Waals surface area contributed by atoms with E-state index in [0.717, 1.165) is 25.2 Å². The Balaban J connectivity index is 1.91. The average molecular weight is 464 g/mol. The molecule has 0 aromatic heterocycles.